The maximum absolute atomic E-state index is 9.39. The fourth-order valence-corrected chi connectivity index (χ4v) is 2.96. The van der Waals surface area contributed by atoms with Gasteiger partial charge in [-0.1, -0.05) is 0 Å². The summed E-state index contributed by atoms with van der Waals surface area (Å²) in [7, 11) is 2.23. The molecule has 2 unspecified atom stereocenters. The first-order valence-corrected chi connectivity index (χ1v) is 6.47. The highest BCUT2D eigenvalue weighted by atomic mass is 15.2. The van der Waals surface area contributed by atoms with Crippen LogP contribution in [0.4, 0.5) is 0 Å². The predicted molar refractivity (Wildman–Crippen MR) is 65.0 cm³/mol. The van der Waals surface area contributed by atoms with Gasteiger partial charge in [0.15, 0.2) is 0 Å². The van der Waals surface area contributed by atoms with Crippen LogP contribution in [-0.4, -0.2) is 35.6 Å². The second-order valence-corrected chi connectivity index (χ2v) is 5.79. The number of hydrogen-bond acceptors (Lipinski definition) is 3. The van der Waals surface area contributed by atoms with Crippen LogP contribution in [0.3, 0.4) is 0 Å². The van der Waals surface area contributed by atoms with E-state index in [4.69, 9.17) is 0 Å². The molecule has 0 aromatic rings. The molecule has 3 nitrogen and oxygen atoms in total. The van der Waals surface area contributed by atoms with Crippen LogP contribution in [0.1, 0.15) is 46.0 Å². The Labute approximate surface area is 98.8 Å². The van der Waals surface area contributed by atoms with Crippen LogP contribution < -0.4 is 5.32 Å². The molecule has 2 saturated carbocycles. The highest BCUT2D eigenvalue weighted by molar-refractivity contribution is 5.14. The van der Waals surface area contributed by atoms with Gasteiger partial charge in [0, 0.05) is 18.1 Å². The molecule has 2 atom stereocenters. The second-order valence-electron chi connectivity index (χ2n) is 5.79. The van der Waals surface area contributed by atoms with Crippen molar-refractivity contribution in [3.8, 4) is 6.07 Å². The molecule has 1 N–H and O–H groups in total. The third-order valence-electron chi connectivity index (χ3n) is 3.97. The average molecular weight is 221 g/mol. The lowest BCUT2D eigenvalue weighted by molar-refractivity contribution is 0.225. The molecule has 0 radical (unpaired) electrons. The molecule has 2 aliphatic carbocycles. The van der Waals surface area contributed by atoms with Crippen LogP contribution in [0.15, 0.2) is 0 Å². The topological polar surface area (TPSA) is 39.1 Å². The Hall–Kier alpha value is -0.590. The van der Waals surface area contributed by atoms with Gasteiger partial charge in [-0.2, -0.15) is 5.26 Å². The highest BCUT2D eigenvalue weighted by Gasteiger charge is 2.43. The zero-order valence-electron chi connectivity index (χ0n) is 10.7. The molecular weight excluding hydrogens is 198 g/mol. The Morgan fingerprint density at radius 3 is 2.50 bits per heavy atom. The molecule has 90 valence electrons. The van der Waals surface area contributed by atoms with Crippen LogP contribution in [0.2, 0.25) is 0 Å². The first-order chi connectivity index (χ1) is 7.56. The molecule has 2 aliphatic rings. The van der Waals surface area contributed by atoms with Crippen molar-refractivity contribution in [2.75, 3.05) is 7.05 Å². The average Bonchev–Trinajstić information content (AvgIpc) is 2.99. The maximum atomic E-state index is 9.39. The van der Waals surface area contributed by atoms with Crippen molar-refractivity contribution in [1.29, 1.82) is 5.26 Å². The number of nitriles is 1. The van der Waals surface area contributed by atoms with Gasteiger partial charge in [0.1, 0.15) is 5.54 Å². The van der Waals surface area contributed by atoms with Crippen molar-refractivity contribution < 1.29 is 0 Å². The minimum atomic E-state index is -0.262. The van der Waals surface area contributed by atoms with E-state index in [2.05, 4.69) is 37.2 Å². The number of rotatable bonds is 4. The van der Waals surface area contributed by atoms with Crippen molar-refractivity contribution in [2.24, 2.45) is 0 Å². The zero-order valence-corrected chi connectivity index (χ0v) is 10.7. The summed E-state index contributed by atoms with van der Waals surface area (Å²) < 4.78 is 0. The van der Waals surface area contributed by atoms with Crippen LogP contribution in [-0.2, 0) is 0 Å². The summed E-state index contributed by atoms with van der Waals surface area (Å²) in [6, 6.07) is 4.32. The van der Waals surface area contributed by atoms with E-state index in [1.807, 2.05) is 0 Å². The molecule has 16 heavy (non-hydrogen) atoms. The van der Waals surface area contributed by atoms with E-state index in [9.17, 15) is 5.26 Å². The number of nitrogens with one attached hydrogen (secondary N) is 1. The highest BCUT2D eigenvalue weighted by Crippen LogP contribution is 2.37. The van der Waals surface area contributed by atoms with E-state index in [0.29, 0.717) is 12.1 Å². The van der Waals surface area contributed by atoms with Crippen molar-refractivity contribution >= 4 is 0 Å². The molecular formula is C13H23N3. The van der Waals surface area contributed by atoms with E-state index < -0.39 is 0 Å². The predicted octanol–water partition coefficient (Wildman–Crippen LogP) is 1.89. The Bertz CT molecular complexity index is 290. The van der Waals surface area contributed by atoms with Gasteiger partial charge < -0.3 is 4.90 Å². The summed E-state index contributed by atoms with van der Waals surface area (Å²) in [4.78, 5) is 2.50. The van der Waals surface area contributed by atoms with E-state index in [0.717, 1.165) is 18.9 Å². The molecule has 0 saturated heterocycles. The van der Waals surface area contributed by atoms with Gasteiger partial charge in [0.05, 0.1) is 6.07 Å². The molecule has 0 heterocycles. The molecule has 0 spiro atoms. The normalized spacial score (nSPS) is 34.6. The van der Waals surface area contributed by atoms with Gasteiger partial charge in [0.25, 0.3) is 0 Å². The Morgan fingerprint density at radius 1 is 1.31 bits per heavy atom. The summed E-state index contributed by atoms with van der Waals surface area (Å²) in [5.41, 5.74) is -0.262. The Kier molecular flexibility index (Phi) is 3.23. The van der Waals surface area contributed by atoms with Crippen LogP contribution in [0, 0.1) is 11.3 Å². The van der Waals surface area contributed by atoms with Crippen molar-refractivity contribution in [2.45, 2.75) is 69.6 Å². The lowest BCUT2D eigenvalue weighted by Crippen LogP contribution is -2.47. The van der Waals surface area contributed by atoms with Gasteiger partial charge in [-0.15, -0.1) is 0 Å². The Balaban J connectivity index is 1.96. The Morgan fingerprint density at radius 2 is 2.00 bits per heavy atom. The van der Waals surface area contributed by atoms with E-state index >= 15 is 0 Å². The maximum Gasteiger partial charge on any atom is 0.108 e. The molecule has 0 aliphatic heterocycles. The zero-order chi connectivity index (χ0) is 11.8. The minimum Gasteiger partial charge on any atom is -0.300 e. The summed E-state index contributed by atoms with van der Waals surface area (Å²) >= 11 is 0. The molecule has 0 aromatic carbocycles. The van der Waals surface area contributed by atoms with Gasteiger partial charge in [-0.3, -0.25) is 5.32 Å². The molecule has 0 bridgehead atoms. The first-order valence-electron chi connectivity index (χ1n) is 6.47. The fourth-order valence-electron chi connectivity index (χ4n) is 2.96. The van der Waals surface area contributed by atoms with E-state index in [-0.39, 0.29) is 5.54 Å². The standard InChI is InChI=1S/C13H23N3/c1-10(2)15-13(9-14)7-6-12(8-13)16(3)11-4-5-11/h10-12,15H,4-8H2,1-3H3. The van der Waals surface area contributed by atoms with Crippen molar-refractivity contribution in [3.63, 3.8) is 0 Å². The fraction of sp³-hybridized carbons (Fsp3) is 0.923. The van der Waals surface area contributed by atoms with E-state index in [1.165, 1.54) is 19.3 Å². The van der Waals surface area contributed by atoms with Crippen molar-refractivity contribution in [3.05, 3.63) is 0 Å². The van der Waals surface area contributed by atoms with Gasteiger partial charge >= 0.3 is 0 Å². The molecule has 2 rings (SSSR count). The van der Waals surface area contributed by atoms with E-state index in [1.54, 1.807) is 0 Å². The first kappa shape index (κ1) is 11.9. The second kappa shape index (κ2) is 4.35. The molecule has 2 fully saturated rings. The molecule has 0 aromatic heterocycles. The van der Waals surface area contributed by atoms with Gasteiger partial charge in [-0.25, -0.2) is 0 Å². The third kappa shape index (κ3) is 2.39. The number of nitrogens with zero attached hydrogens (tertiary/aromatic N) is 2. The van der Waals surface area contributed by atoms with Crippen LogP contribution in [0.25, 0.3) is 0 Å². The largest absolute Gasteiger partial charge is 0.300 e. The van der Waals surface area contributed by atoms with Crippen LogP contribution >= 0.6 is 0 Å². The minimum absolute atomic E-state index is 0.262. The summed E-state index contributed by atoms with van der Waals surface area (Å²) in [5.74, 6) is 0. The van der Waals surface area contributed by atoms with Crippen LogP contribution in [0.5, 0.6) is 0 Å². The summed E-state index contributed by atoms with van der Waals surface area (Å²) in [5, 5.41) is 12.8. The van der Waals surface area contributed by atoms with Gasteiger partial charge in [-0.05, 0) is 53.0 Å². The monoisotopic (exact) mass is 221 g/mol. The summed E-state index contributed by atoms with van der Waals surface area (Å²) in [6.07, 6.45) is 5.87. The summed E-state index contributed by atoms with van der Waals surface area (Å²) in [6.45, 7) is 4.24. The molecule has 3 heteroatoms. The smallest absolute Gasteiger partial charge is 0.108 e. The number of hydrogen-bond donors (Lipinski definition) is 1. The lowest BCUT2D eigenvalue weighted by Gasteiger charge is -2.28. The lowest BCUT2D eigenvalue weighted by atomic mass is 9.98. The molecule has 0 amide bonds. The van der Waals surface area contributed by atoms with Crippen molar-refractivity contribution in [1.82, 2.24) is 10.2 Å². The third-order valence-corrected chi connectivity index (χ3v) is 3.97. The SMILES string of the molecule is CC(C)NC1(C#N)CCC(N(C)C2CC2)C1. The van der Waals surface area contributed by atoms with Gasteiger partial charge in [0.2, 0.25) is 0 Å². The quantitative estimate of drug-likeness (QED) is 0.788.